The van der Waals surface area contributed by atoms with Crippen molar-refractivity contribution in [1.82, 2.24) is 0 Å². The van der Waals surface area contributed by atoms with E-state index in [1.807, 2.05) is 0 Å². The first-order chi connectivity index (χ1) is 2.41. The first-order valence-corrected chi connectivity index (χ1v) is 2.21. The van der Waals surface area contributed by atoms with Crippen molar-refractivity contribution in [2.45, 2.75) is 26.2 Å². The molecule has 0 radical (unpaired) electrons. The third kappa shape index (κ3) is 8.82. The first-order valence-electron chi connectivity index (χ1n) is 2.21. The minimum atomic E-state index is 0. The van der Waals surface area contributed by atoms with Crippen molar-refractivity contribution in [3.8, 4) is 0 Å². The van der Waals surface area contributed by atoms with Gasteiger partial charge in [0.05, 0.1) is 0 Å². The van der Waals surface area contributed by atoms with E-state index >= 15 is 0 Å². The van der Waals surface area contributed by atoms with Crippen LogP contribution in [0.4, 0.5) is 0 Å². The molecule has 0 amide bonds. The molecule has 38 valence electrons. The van der Waals surface area contributed by atoms with E-state index in [0.717, 1.165) is 6.42 Å². The van der Waals surface area contributed by atoms with Gasteiger partial charge in [0.15, 0.2) is 0 Å². The summed E-state index contributed by atoms with van der Waals surface area (Å²) in [6.45, 7) is 5.85. The van der Waals surface area contributed by atoms with Crippen LogP contribution in [0.15, 0.2) is 0 Å². The second-order valence-electron chi connectivity index (χ2n) is 1.21. The molecule has 0 atom stereocenters. The Morgan fingerprint density at radius 2 is 2.00 bits per heavy atom. The quantitative estimate of drug-likeness (QED) is 0.662. The topological polar surface area (TPSA) is 0 Å². The molecule has 0 N–H and O–H groups in total. The van der Waals surface area contributed by atoms with Crippen LogP contribution < -0.4 is 0 Å². The normalized spacial score (nSPS) is 7.00. The van der Waals surface area contributed by atoms with Gasteiger partial charge in [-0.15, -0.1) is 0 Å². The van der Waals surface area contributed by atoms with Gasteiger partial charge in [-0.1, -0.05) is 19.8 Å². The molecule has 0 heterocycles. The molecule has 0 aromatic heterocycles. The zero-order chi connectivity index (χ0) is 4.12. The molecule has 0 aromatic carbocycles. The Hall–Kier alpha value is 0.688. The monoisotopic (exact) mass is 255 g/mol. The molecule has 0 aliphatic carbocycles. The predicted molar refractivity (Wildman–Crippen MR) is 24.9 cm³/mol. The summed E-state index contributed by atoms with van der Waals surface area (Å²) in [5.41, 5.74) is 0. The van der Waals surface area contributed by atoms with Crippen LogP contribution in [-0.2, 0) is 21.1 Å². The molecule has 0 unspecified atom stereocenters. The predicted octanol–water partition coefficient (Wildman–Crippen LogP) is 2.01. The van der Waals surface area contributed by atoms with E-state index in [0.29, 0.717) is 0 Å². The molecule has 0 aliphatic rings. The maximum absolute atomic E-state index is 3.68. The summed E-state index contributed by atoms with van der Waals surface area (Å²) in [7, 11) is 0. The molecule has 0 aliphatic heterocycles. The summed E-state index contributed by atoms with van der Waals surface area (Å²) >= 11 is 0. The molecule has 6 heavy (non-hydrogen) atoms. The van der Waals surface area contributed by atoms with Crippen molar-refractivity contribution >= 4 is 0 Å². The molecule has 0 rings (SSSR count). The van der Waals surface area contributed by atoms with Crippen LogP contribution in [-0.4, -0.2) is 0 Å². The number of hydrogen-bond acceptors (Lipinski definition) is 0. The van der Waals surface area contributed by atoms with Crippen molar-refractivity contribution in [3.05, 3.63) is 6.92 Å². The van der Waals surface area contributed by atoms with Crippen LogP contribution in [0.25, 0.3) is 0 Å². The maximum Gasteiger partial charge on any atom is 0 e. The van der Waals surface area contributed by atoms with Crippen molar-refractivity contribution in [2.75, 3.05) is 0 Å². The maximum atomic E-state index is 3.68. The van der Waals surface area contributed by atoms with E-state index < -0.39 is 0 Å². The Bertz CT molecular complexity index is 11.4. The van der Waals surface area contributed by atoms with Gasteiger partial charge in [-0.05, 0) is 0 Å². The van der Waals surface area contributed by atoms with Crippen molar-refractivity contribution in [2.24, 2.45) is 0 Å². The fourth-order valence-electron chi connectivity index (χ4n) is 0.250. The number of unbranched alkanes of at least 4 members (excludes halogenated alkanes) is 2. The molecule has 0 saturated carbocycles. The van der Waals surface area contributed by atoms with E-state index in [-0.39, 0.29) is 21.1 Å². The average Bonchev–Trinajstić information content (AvgIpc) is 1.41. The SMILES string of the molecule is [CH2-]CCCC.[W]. The van der Waals surface area contributed by atoms with Crippen LogP contribution in [0.1, 0.15) is 26.2 Å². The summed E-state index contributed by atoms with van der Waals surface area (Å²) in [5, 5.41) is 0. The van der Waals surface area contributed by atoms with E-state index in [4.69, 9.17) is 0 Å². The van der Waals surface area contributed by atoms with Crippen molar-refractivity contribution in [1.29, 1.82) is 0 Å². The second-order valence-corrected chi connectivity index (χ2v) is 1.21. The minimum Gasteiger partial charge on any atom is -0.343 e. The van der Waals surface area contributed by atoms with Gasteiger partial charge in [-0.2, -0.15) is 6.42 Å². The summed E-state index contributed by atoms with van der Waals surface area (Å²) in [6, 6.07) is 0. The van der Waals surface area contributed by atoms with E-state index in [1.54, 1.807) is 0 Å². The van der Waals surface area contributed by atoms with Gasteiger partial charge in [0.25, 0.3) is 0 Å². The second kappa shape index (κ2) is 9.19. The largest absolute Gasteiger partial charge is 0.343 e. The van der Waals surface area contributed by atoms with E-state index in [2.05, 4.69) is 13.8 Å². The number of rotatable bonds is 2. The summed E-state index contributed by atoms with van der Waals surface area (Å²) < 4.78 is 0. The van der Waals surface area contributed by atoms with Crippen LogP contribution >= 0.6 is 0 Å². The summed E-state index contributed by atoms with van der Waals surface area (Å²) in [6.07, 6.45) is 3.65. The standard InChI is InChI=1S/C5H11.W/c1-3-5-4-2;/h1,3-5H2,2H3;/q-1;. The molecule has 1 heteroatoms. The van der Waals surface area contributed by atoms with E-state index in [1.165, 1.54) is 12.8 Å². The van der Waals surface area contributed by atoms with Gasteiger partial charge in [-0.3, -0.25) is 0 Å². The summed E-state index contributed by atoms with van der Waals surface area (Å²) in [4.78, 5) is 0. The fraction of sp³-hybridized carbons (Fsp3) is 0.800. The van der Waals surface area contributed by atoms with Gasteiger partial charge in [-0.25, -0.2) is 0 Å². The van der Waals surface area contributed by atoms with Crippen molar-refractivity contribution < 1.29 is 21.1 Å². The average molecular weight is 255 g/mol. The first kappa shape index (κ1) is 9.85. The van der Waals surface area contributed by atoms with Crippen molar-refractivity contribution in [3.63, 3.8) is 0 Å². The molecule has 0 spiro atoms. The zero-order valence-corrected chi connectivity index (χ0v) is 7.17. The van der Waals surface area contributed by atoms with Gasteiger partial charge < -0.3 is 6.92 Å². The Morgan fingerprint density at radius 3 is 2.00 bits per heavy atom. The fourth-order valence-corrected chi connectivity index (χ4v) is 0.250. The Morgan fingerprint density at radius 1 is 1.50 bits per heavy atom. The molecule has 0 aromatic rings. The minimum absolute atomic E-state index is 0. The molecule has 0 nitrogen and oxygen atoms in total. The molecular weight excluding hydrogens is 244 g/mol. The smallest absolute Gasteiger partial charge is 0 e. The van der Waals surface area contributed by atoms with Crippen LogP contribution in [0.3, 0.4) is 0 Å². The van der Waals surface area contributed by atoms with Crippen LogP contribution in [0, 0.1) is 6.92 Å². The molecular formula is C5H11W-. The van der Waals surface area contributed by atoms with Gasteiger partial charge in [0, 0.05) is 21.1 Å². The zero-order valence-electron chi connectivity index (χ0n) is 4.24. The molecule has 0 fully saturated rings. The Balaban J connectivity index is 0. The van der Waals surface area contributed by atoms with E-state index in [9.17, 15) is 0 Å². The Kier molecular flexibility index (Phi) is 15.1. The third-order valence-electron chi connectivity index (χ3n) is 0.604. The number of hydrogen-bond donors (Lipinski definition) is 0. The van der Waals surface area contributed by atoms with Crippen LogP contribution in [0.2, 0.25) is 0 Å². The molecule has 0 saturated heterocycles. The molecule has 0 bridgehead atoms. The van der Waals surface area contributed by atoms with Gasteiger partial charge >= 0.3 is 0 Å². The Labute approximate surface area is 54.6 Å². The van der Waals surface area contributed by atoms with Crippen LogP contribution in [0.5, 0.6) is 0 Å². The third-order valence-corrected chi connectivity index (χ3v) is 0.604. The van der Waals surface area contributed by atoms with Gasteiger partial charge in [0.2, 0.25) is 0 Å². The van der Waals surface area contributed by atoms with Gasteiger partial charge in [0.1, 0.15) is 0 Å². The summed E-state index contributed by atoms with van der Waals surface area (Å²) in [5.74, 6) is 0.